The molecule has 0 aliphatic heterocycles. The second-order valence-electron chi connectivity index (χ2n) is 5.52. The third kappa shape index (κ3) is 7.89. The normalized spacial score (nSPS) is 13.6. The van der Waals surface area contributed by atoms with Crippen LogP contribution < -0.4 is 5.11 Å². The highest BCUT2D eigenvalue weighted by atomic mass is 16.5. The summed E-state index contributed by atoms with van der Waals surface area (Å²) in [6.45, 7) is 4.42. The fourth-order valence-corrected chi connectivity index (χ4v) is 2.36. The van der Waals surface area contributed by atoms with Crippen LogP contribution in [0.1, 0.15) is 39.5 Å². The van der Waals surface area contributed by atoms with E-state index in [1.807, 2.05) is 0 Å². The predicted molar refractivity (Wildman–Crippen MR) is 82.7 cm³/mol. The Morgan fingerprint density at radius 3 is 2.36 bits per heavy atom. The molecular weight excluding hydrogens is 286 g/mol. The SMILES string of the molecule is CC/C=C/CCCCOC[N+](CCO)(CCO)C(C)C(=O)[O-]. The van der Waals surface area contributed by atoms with Gasteiger partial charge >= 0.3 is 0 Å². The van der Waals surface area contributed by atoms with E-state index in [9.17, 15) is 20.1 Å². The van der Waals surface area contributed by atoms with Gasteiger partial charge in [-0.05, 0) is 32.6 Å². The maximum Gasteiger partial charge on any atom is 0.183 e. The smallest absolute Gasteiger partial charge is 0.183 e. The van der Waals surface area contributed by atoms with Crippen molar-refractivity contribution in [3.05, 3.63) is 12.2 Å². The molecule has 0 aromatic heterocycles. The second kappa shape index (κ2) is 12.6. The Hall–Kier alpha value is -0.950. The molecule has 0 rings (SSSR count). The molecule has 0 fully saturated rings. The lowest BCUT2D eigenvalue weighted by molar-refractivity contribution is -0.960. The molecule has 0 spiro atoms. The summed E-state index contributed by atoms with van der Waals surface area (Å²) < 4.78 is 5.59. The van der Waals surface area contributed by atoms with Crippen LogP contribution in [0.4, 0.5) is 0 Å². The largest absolute Gasteiger partial charge is 0.544 e. The highest BCUT2D eigenvalue weighted by Gasteiger charge is 2.34. The first kappa shape index (κ1) is 21.0. The number of carboxylic acid groups (broad SMARTS) is 1. The quantitative estimate of drug-likeness (QED) is 0.204. The molecule has 0 heterocycles. The number of aliphatic hydroxyl groups excluding tert-OH is 2. The number of carbonyl (C=O) groups excluding carboxylic acids is 1. The average molecular weight is 317 g/mol. The Bertz CT molecular complexity index is 314. The minimum absolute atomic E-state index is 0.0227. The zero-order chi connectivity index (χ0) is 16.8. The molecule has 0 radical (unpaired) electrons. The topological polar surface area (TPSA) is 89.8 Å². The molecule has 1 unspecified atom stereocenters. The maximum atomic E-state index is 11.2. The number of aliphatic carboxylic acids is 1. The van der Waals surface area contributed by atoms with Crippen LogP contribution in [0.5, 0.6) is 0 Å². The van der Waals surface area contributed by atoms with Gasteiger partial charge in [0.05, 0.1) is 25.8 Å². The van der Waals surface area contributed by atoms with Gasteiger partial charge in [0.1, 0.15) is 19.1 Å². The van der Waals surface area contributed by atoms with Crippen LogP contribution >= 0.6 is 0 Å². The van der Waals surface area contributed by atoms with Crippen molar-refractivity contribution >= 4 is 5.97 Å². The summed E-state index contributed by atoms with van der Waals surface area (Å²) in [6.07, 6.45) is 8.25. The minimum atomic E-state index is -1.20. The lowest BCUT2D eigenvalue weighted by Gasteiger charge is -2.42. The maximum absolute atomic E-state index is 11.2. The van der Waals surface area contributed by atoms with Crippen LogP contribution in [0, 0.1) is 0 Å². The number of hydrogen-bond donors (Lipinski definition) is 2. The van der Waals surface area contributed by atoms with Gasteiger partial charge in [-0.1, -0.05) is 19.1 Å². The molecule has 1 atom stereocenters. The van der Waals surface area contributed by atoms with Gasteiger partial charge in [-0.3, -0.25) is 4.48 Å². The van der Waals surface area contributed by atoms with Crippen molar-refractivity contribution in [1.29, 1.82) is 0 Å². The van der Waals surface area contributed by atoms with Crippen molar-refractivity contribution in [2.75, 3.05) is 39.6 Å². The van der Waals surface area contributed by atoms with Crippen LogP contribution in [0.3, 0.4) is 0 Å². The Morgan fingerprint density at radius 1 is 1.23 bits per heavy atom. The number of allylic oxidation sites excluding steroid dienone is 2. The lowest BCUT2D eigenvalue weighted by atomic mass is 10.2. The van der Waals surface area contributed by atoms with Crippen LogP contribution in [-0.4, -0.2) is 66.3 Å². The van der Waals surface area contributed by atoms with E-state index in [1.165, 1.54) is 6.92 Å². The van der Waals surface area contributed by atoms with Gasteiger partial charge in [-0.15, -0.1) is 0 Å². The molecule has 0 amide bonds. The number of nitrogens with zero attached hydrogens (tertiary/aromatic N) is 1. The van der Waals surface area contributed by atoms with E-state index >= 15 is 0 Å². The summed E-state index contributed by atoms with van der Waals surface area (Å²) in [6, 6.07) is -0.841. The second-order valence-corrected chi connectivity index (χ2v) is 5.52. The van der Waals surface area contributed by atoms with Crippen molar-refractivity contribution in [3.63, 3.8) is 0 Å². The Morgan fingerprint density at radius 2 is 1.86 bits per heavy atom. The van der Waals surface area contributed by atoms with E-state index in [0.29, 0.717) is 6.61 Å². The molecule has 130 valence electrons. The molecule has 0 aromatic rings. The number of hydrogen-bond acceptors (Lipinski definition) is 5. The van der Waals surface area contributed by atoms with Gasteiger partial charge in [0.2, 0.25) is 0 Å². The predicted octanol–water partition coefficient (Wildman–Crippen LogP) is 0.0368. The summed E-state index contributed by atoms with van der Waals surface area (Å²) in [4.78, 5) is 11.2. The summed E-state index contributed by atoms with van der Waals surface area (Å²) in [5.41, 5.74) is 0. The Labute approximate surface area is 133 Å². The van der Waals surface area contributed by atoms with E-state index in [0.717, 1.165) is 25.7 Å². The van der Waals surface area contributed by atoms with Gasteiger partial charge in [0.15, 0.2) is 6.73 Å². The molecule has 0 aliphatic carbocycles. The highest BCUT2D eigenvalue weighted by Crippen LogP contribution is 2.14. The molecule has 6 heteroatoms. The zero-order valence-electron chi connectivity index (χ0n) is 13.9. The van der Waals surface area contributed by atoms with Gasteiger partial charge < -0.3 is 24.9 Å². The highest BCUT2D eigenvalue weighted by molar-refractivity contribution is 5.69. The van der Waals surface area contributed by atoms with E-state index < -0.39 is 12.0 Å². The van der Waals surface area contributed by atoms with Gasteiger partial charge in [-0.2, -0.15) is 0 Å². The van der Waals surface area contributed by atoms with Crippen molar-refractivity contribution in [2.45, 2.75) is 45.6 Å². The van der Waals surface area contributed by atoms with E-state index in [4.69, 9.17) is 4.74 Å². The number of carbonyl (C=O) groups is 1. The third-order valence-electron chi connectivity index (χ3n) is 3.91. The van der Waals surface area contributed by atoms with Crippen LogP contribution in [0.2, 0.25) is 0 Å². The molecule has 0 saturated heterocycles. The Balaban J connectivity index is 4.34. The monoisotopic (exact) mass is 317 g/mol. The van der Waals surface area contributed by atoms with Crippen molar-refractivity contribution < 1.29 is 29.3 Å². The third-order valence-corrected chi connectivity index (χ3v) is 3.91. The van der Waals surface area contributed by atoms with Crippen LogP contribution in [0.15, 0.2) is 12.2 Å². The molecule has 0 bridgehead atoms. The number of aliphatic hydroxyl groups is 2. The summed E-state index contributed by atoms with van der Waals surface area (Å²) >= 11 is 0. The molecular formula is C16H31NO5. The molecule has 2 N–H and O–H groups in total. The van der Waals surface area contributed by atoms with Crippen LogP contribution in [-0.2, 0) is 9.53 Å². The summed E-state index contributed by atoms with van der Waals surface area (Å²) in [7, 11) is 0. The fourth-order valence-electron chi connectivity index (χ4n) is 2.36. The van der Waals surface area contributed by atoms with Gasteiger partial charge in [0.25, 0.3) is 0 Å². The molecule has 6 nitrogen and oxygen atoms in total. The minimum Gasteiger partial charge on any atom is -0.544 e. The standard InChI is InChI=1S/C16H31NO5/c1-3-4-5-6-7-8-13-22-14-17(9-11-18,10-12-19)15(2)16(20)21/h4-5,15,18-19H,3,6-14H2,1-2H3/b5-4+. The van der Waals surface area contributed by atoms with Gasteiger partial charge in [0, 0.05) is 0 Å². The number of rotatable bonds is 14. The average Bonchev–Trinajstić information content (AvgIpc) is 2.49. The molecule has 22 heavy (non-hydrogen) atoms. The van der Waals surface area contributed by atoms with E-state index in [2.05, 4.69) is 19.1 Å². The summed E-state index contributed by atoms with van der Waals surface area (Å²) in [5, 5.41) is 29.6. The van der Waals surface area contributed by atoms with Gasteiger partial charge in [-0.25, -0.2) is 0 Å². The Kier molecular flexibility index (Phi) is 12.0. The first-order chi connectivity index (χ1) is 10.5. The number of unbranched alkanes of at least 4 members (excludes halogenated alkanes) is 2. The lowest BCUT2D eigenvalue weighted by Crippen LogP contribution is -2.63. The number of carboxylic acids is 1. The number of quaternary nitrogens is 1. The molecule has 0 saturated carbocycles. The zero-order valence-corrected chi connectivity index (χ0v) is 13.9. The summed E-state index contributed by atoms with van der Waals surface area (Å²) in [5.74, 6) is -1.20. The molecule has 0 aliphatic rings. The van der Waals surface area contributed by atoms with E-state index in [1.54, 1.807) is 0 Å². The first-order valence-electron chi connectivity index (χ1n) is 8.05. The van der Waals surface area contributed by atoms with Crippen molar-refractivity contribution in [1.82, 2.24) is 0 Å². The van der Waals surface area contributed by atoms with E-state index in [-0.39, 0.29) is 37.5 Å². The number of ether oxygens (including phenoxy) is 1. The molecule has 0 aromatic carbocycles. The van der Waals surface area contributed by atoms with Crippen molar-refractivity contribution in [2.24, 2.45) is 0 Å². The fraction of sp³-hybridized carbons (Fsp3) is 0.812. The van der Waals surface area contributed by atoms with Crippen molar-refractivity contribution in [3.8, 4) is 0 Å². The first-order valence-corrected chi connectivity index (χ1v) is 8.05. The van der Waals surface area contributed by atoms with Crippen LogP contribution in [0.25, 0.3) is 0 Å².